The van der Waals surface area contributed by atoms with Gasteiger partial charge in [0.05, 0.1) is 6.67 Å². The zero-order valence-electron chi connectivity index (χ0n) is 7.88. The van der Waals surface area contributed by atoms with Gasteiger partial charge in [0.2, 0.25) is 0 Å². The maximum Gasteiger partial charge on any atom is 0.0655 e. The topological polar surface area (TPSA) is 24.1 Å². The Labute approximate surface area is 82.9 Å². The van der Waals surface area contributed by atoms with Gasteiger partial charge in [-0.25, -0.2) is 0 Å². The molecule has 2 aromatic rings. The van der Waals surface area contributed by atoms with Crippen molar-refractivity contribution in [3.63, 3.8) is 0 Å². The Morgan fingerprint density at radius 2 is 1.79 bits per heavy atom. The lowest BCUT2D eigenvalue weighted by Crippen LogP contribution is -2.27. The van der Waals surface area contributed by atoms with E-state index >= 15 is 0 Å². The number of anilines is 1. The molecule has 0 unspecified atom stereocenters. The van der Waals surface area contributed by atoms with Crippen molar-refractivity contribution < 1.29 is 0 Å². The third-order valence-electron chi connectivity index (χ3n) is 2.69. The summed E-state index contributed by atoms with van der Waals surface area (Å²) in [4.78, 5) is 0. The zero-order chi connectivity index (χ0) is 9.38. The molecule has 0 fully saturated rings. The molecule has 70 valence electrons. The molecule has 14 heavy (non-hydrogen) atoms. The molecule has 0 spiro atoms. The predicted molar refractivity (Wildman–Crippen MR) is 59.3 cm³/mol. The van der Waals surface area contributed by atoms with Gasteiger partial charge in [-0.1, -0.05) is 24.3 Å². The molecular formula is C12H12N2. The third-order valence-corrected chi connectivity index (χ3v) is 2.69. The van der Waals surface area contributed by atoms with Gasteiger partial charge >= 0.3 is 0 Å². The number of benzene rings is 2. The van der Waals surface area contributed by atoms with E-state index < -0.39 is 0 Å². The average Bonchev–Trinajstić information content (AvgIpc) is 2.26. The highest BCUT2D eigenvalue weighted by Gasteiger charge is 2.07. The molecule has 3 rings (SSSR count). The van der Waals surface area contributed by atoms with Gasteiger partial charge in [-0.3, -0.25) is 5.32 Å². The van der Waals surface area contributed by atoms with E-state index in [1.165, 1.54) is 22.0 Å². The molecule has 0 aliphatic carbocycles. The molecular weight excluding hydrogens is 172 g/mol. The van der Waals surface area contributed by atoms with Crippen molar-refractivity contribution in [1.29, 1.82) is 0 Å². The van der Waals surface area contributed by atoms with Gasteiger partial charge in [0.15, 0.2) is 0 Å². The smallest absolute Gasteiger partial charge is 0.0655 e. The molecule has 1 aliphatic rings. The van der Waals surface area contributed by atoms with Gasteiger partial charge in [0.25, 0.3) is 0 Å². The highest BCUT2D eigenvalue weighted by molar-refractivity contribution is 5.87. The Kier molecular flexibility index (Phi) is 1.67. The van der Waals surface area contributed by atoms with Crippen LogP contribution in [0.4, 0.5) is 5.69 Å². The molecule has 2 aromatic carbocycles. The van der Waals surface area contributed by atoms with Crippen LogP contribution in [0.5, 0.6) is 0 Å². The first-order chi connectivity index (χ1) is 6.93. The van der Waals surface area contributed by atoms with Crippen LogP contribution in [0.3, 0.4) is 0 Å². The molecule has 1 heterocycles. The normalized spacial score (nSPS) is 14.9. The van der Waals surface area contributed by atoms with Crippen LogP contribution < -0.4 is 10.6 Å². The Hall–Kier alpha value is -1.54. The fourth-order valence-electron chi connectivity index (χ4n) is 1.95. The monoisotopic (exact) mass is 184 g/mol. The van der Waals surface area contributed by atoms with Crippen molar-refractivity contribution in [2.45, 2.75) is 6.54 Å². The number of hydrogen-bond acceptors (Lipinski definition) is 2. The summed E-state index contributed by atoms with van der Waals surface area (Å²) in [6, 6.07) is 13.0. The number of hydrogen-bond donors (Lipinski definition) is 2. The van der Waals surface area contributed by atoms with E-state index in [-0.39, 0.29) is 0 Å². The van der Waals surface area contributed by atoms with Crippen LogP contribution in [0.2, 0.25) is 0 Å². The van der Waals surface area contributed by atoms with E-state index in [2.05, 4.69) is 47.0 Å². The minimum atomic E-state index is 0.866. The van der Waals surface area contributed by atoms with E-state index in [9.17, 15) is 0 Å². The lowest BCUT2D eigenvalue weighted by molar-refractivity contribution is 0.710. The Balaban J connectivity index is 2.27. The predicted octanol–water partition coefficient (Wildman–Crippen LogP) is 2.31. The molecule has 0 aromatic heterocycles. The van der Waals surface area contributed by atoms with Gasteiger partial charge in [0, 0.05) is 12.2 Å². The number of nitrogens with one attached hydrogen (secondary N) is 2. The van der Waals surface area contributed by atoms with Gasteiger partial charge in [0.1, 0.15) is 0 Å². The van der Waals surface area contributed by atoms with Gasteiger partial charge < -0.3 is 5.32 Å². The van der Waals surface area contributed by atoms with Crippen molar-refractivity contribution >= 4 is 16.5 Å². The standard InChI is InChI=1S/C12H12N2/c1-2-4-10-6-12-11(5-9(10)3-1)7-13-8-14-12/h1-6,13-14H,7-8H2. The molecule has 2 nitrogen and oxygen atoms in total. The maximum atomic E-state index is 3.34. The van der Waals surface area contributed by atoms with E-state index in [0.29, 0.717) is 0 Å². The molecule has 2 heteroatoms. The zero-order valence-corrected chi connectivity index (χ0v) is 7.88. The highest BCUT2D eigenvalue weighted by atomic mass is 15.1. The molecule has 0 saturated heterocycles. The van der Waals surface area contributed by atoms with E-state index in [4.69, 9.17) is 0 Å². The van der Waals surface area contributed by atoms with Crippen LogP contribution in [0.25, 0.3) is 10.8 Å². The van der Waals surface area contributed by atoms with Crippen LogP contribution in [-0.2, 0) is 6.54 Å². The number of rotatable bonds is 0. The van der Waals surface area contributed by atoms with Crippen LogP contribution in [0.1, 0.15) is 5.56 Å². The second kappa shape index (κ2) is 3.00. The summed E-state index contributed by atoms with van der Waals surface area (Å²) >= 11 is 0. The summed E-state index contributed by atoms with van der Waals surface area (Å²) in [5.74, 6) is 0. The lowest BCUT2D eigenvalue weighted by Gasteiger charge is -2.19. The van der Waals surface area contributed by atoms with Crippen LogP contribution >= 0.6 is 0 Å². The first kappa shape index (κ1) is 7.83. The summed E-state index contributed by atoms with van der Waals surface area (Å²) in [6.07, 6.45) is 0. The molecule has 0 bridgehead atoms. The summed E-state index contributed by atoms with van der Waals surface area (Å²) in [5.41, 5.74) is 2.62. The fraction of sp³-hybridized carbons (Fsp3) is 0.167. The minimum Gasteiger partial charge on any atom is -0.372 e. The maximum absolute atomic E-state index is 3.34. The summed E-state index contributed by atoms with van der Waals surface area (Å²) in [7, 11) is 0. The third kappa shape index (κ3) is 1.16. The molecule has 0 amide bonds. The summed E-state index contributed by atoms with van der Waals surface area (Å²) in [6.45, 7) is 1.83. The van der Waals surface area contributed by atoms with E-state index in [1.54, 1.807) is 0 Å². The fourth-order valence-corrected chi connectivity index (χ4v) is 1.95. The van der Waals surface area contributed by atoms with Crippen molar-refractivity contribution in [3.05, 3.63) is 42.0 Å². The summed E-state index contributed by atoms with van der Waals surface area (Å²) in [5, 5.41) is 9.26. The second-order valence-corrected chi connectivity index (χ2v) is 3.64. The Morgan fingerprint density at radius 3 is 2.64 bits per heavy atom. The molecule has 2 N–H and O–H groups in total. The molecule has 0 radical (unpaired) electrons. The van der Waals surface area contributed by atoms with Crippen molar-refractivity contribution in [2.24, 2.45) is 0 Å². The largest absolute Gasteiger partial charge is 0.372 e. The average molecular weight is 184 g/mol. The van der Waals surface area contributed by atoms with Gasteiger partial charge in [-0.2, -0.15) is 0 Å². The molecule has 0 saturated carbocycles. The van der Waals surface area contributed by atoms with E-state index in [0.717, 1.165) is 13.2 Å². The van der Waals surface area contributed by atoms with Crippen molar-refractivity contribution in [2.75, 3.05) is 12.0 Å². The lowest BCUT2D eigenvalue weighted by atomic mass is 10.0. The van der Waals surface area contributed by atoms with E-state index in [1.807, 2.05) is 0 Å². The van der Waals surface area contributed by atoms with Crippen LogP contribution in [0.15, 0.2) is 36.4 Å². The van der Waals surface area contributed by atoms with Gasteiger partial charge in [-0.05, 0) is 28.5 Å². The minimum absolute atomic E-state index is 0.866. The highest BCUT2D eigenvalue weighted by Crippen LogP contribution is 2.25. The second-order valence-electron chi connectivity index (χ2n) is 3.64. The van der Waals surface area contributed by atoms with Crippen LogP contribution in [0, 0.1) is 0 Å². The SMILES string of the molecule is c1ccc2cc3c(cc2c1)CNCN3. The van der Waals surface area contributed by atoms with Crippen molar-refractivity contribution in [3.8, 4) is 0 Å². The molecule has 0 atom stereocenters. The molecule has 1 aliphatic heterocycles. The van der Waals surface area contributed by atoms with Crippen molar-refractivity contribution in [1.82, 2.24) is 5.32 Å². The Morgan fingerprint density at radius 1 is 1.00 bits per heavy atom. The first-order valence-electron chi connectivity index (χ1n) is 4.90. The van der Waals surface area contributed by atoms with Gasteiger partial charge in [-0.15, -0.1) is 0 Å². The number of fused-ring (bicyclic) bond motifs is 2. The first-order valence-corrected chi connectivity index (χ1v) is 4.90. The van der Waals surface area contributed by atoms with Crippen LogP contribution in [-0.4, -0.2) is 6.67 Å². The Bertz CT molecular complexity index is 432. The summed E-state index contributed by atoms with van der Waals surface area (Å²) < 4.78 is 0. The quantitative estimate of drug-likeness (QED) is 0.656.